The van der Waals surface area contributed by atoms with E-state index in [-0.39, 0.29) is 11.9 Å². The van der Waals surface area contributed by atoms with Crippen molar-refractivity contribution >= 4 is 17.7 Å². The van der Waals surface area contributed by atoms with Crippen LogP contribution in [0.15, 0.2) is 41.8 Å². The van der Waals surface area contributed by atoms with Crippen LogP contribution in [-0.2, 0) is 4.79 Å². The molecule has 1 N–H and O–H groups in total. The summed E-state index contributed by atoms with van der Waals surface area (Å²) in [6.45, 7) is 2.08. The predicted octanol–water partition coefficient (Wildman–Crippen LogP) is 2.27. The second kappa shape index (κ2) is 6.30. The van der Waals surface area contributed by atoms with Crippen LogP contribution in [0.1, 0.15) is 19.8 Å². The van der Waals surface area contributed by atoms with Gasteiger partial charge in [0.1, 0.15) is 6.33 Å². The minimum Gasteiger partial charge on any atom is -0.353 e. The van der Waals surface area contributed by atoms with Crippen LogP contribution < -0.4 is 5.32 Å². The lowest BCUT2D eigenvalue weighted by molar-refractivity contribution is -0.119. The molecular formula is C15H18N4OS. The zero-order valence-corrected chi connectivity index (χ0v) is 12.7. The molecule has 0 saturated heterocycles. The Kier molecular flexibility index (Phi) is 4.24. The third kappa shape index (κ3) is 3.64. The van der Waals surface area contributed by atoms with Crippen molar-refractivity contribution in [3.63, 3.8) is 0 Å². The molecule has 1 saturated carbocycles. The molecule has 2 aromatic rings. The largest absolute Gasteiger partial charge is 0.353 e. The summed E-state index contributed by atoms with van der Waals surface area (Å²) in [4.78, 5) is 11.9. The van der Waals surface area contributed by atoms with Crippen molar-refractivity contribution in [1.82, 2.24) is 20.1 Å². The van der Waals surface area contributed by atoms with E-state index in [4.69, 9.17) is 0 Å². The molecule has 1 amide bonds. The van der Waals surface area contributed by atoms with Crippen LogP contribution >= 0.6 is 11.8 Å². The van der Waals surface area contributed by atoms with Crippen molar-refractivity contribution < 1.29 is 4.79 Å². The van der Waals surface area contributed by atoms with Crippen LogP contribution in [0, 0.1) is 5.92 Å². The third-order valence-electron chi connectivity index (χ3n) is 3.60. The van der Waals surface area contributed by atoms with Gasteiger partial charge in [0.15, 0.2) is 5.16 Å². The van der Waals surface area contributed by atoms with Crippen molar-refractivity contribution in [3.05, 3.63) is 36.7 Å². The van der Waals surface area contributed by atoms with Crippen molar-refractivity contribution in [1.29, 1.82) is 0 Å². The van der Waals surface area contributed by atoms with Crippen LogP contribution in [0.25, 0.3) is 5.69 Å². The maximum absolute atomic E-state index is 11.9. The highest BCUT2D eigenvalue weighted by Gasteiger charge is 2.28. The molecule has 3 rings (SSSR count). The van der Waals surface area contributed by atoms with Crippen LogP contribution in [0.5, 0.6) is 0 Å². The van der Waals surface area contributed by atoms with Gasteiger partial charge in [-0.2, -0.15) is 0 Å². The standard InChI is InChI=1S/C15H18N4OS/c1-11(12-7-8-12)17-14(20)9-21-15-18-16-10-19(15)13-5-3-2-4-6-13/h2-6,10-12H,7-9H2,1H3,(H,17,20)/t11-/m0/s1. The number of rotatable bonds is 6. The second-order valence-corrected chi connectivity index (χ2v) is 6.24. The molecule has 6 heteroatoms. The van der Waals surface area contributed by atoms with E-state index in [2.05, 4.69) is 22.4 Å². The average Bonchev–Trinajstić information content (AvgIpc) is 3.25. The van der Waals surface area contributed by atoms with Gasteiger partial charge in [-0.25, -0.2) is 0 Å². The Hall–Kier alpha value is -1.82. The molecule has 1 aromatic heterocycles. The zero-order chi connectivity index (χ0) is 14.7. The van der Waals surface area contributed by atoms with E-state index in [0.29, 0.717) is 11.7 Å². The Morgan fingerprint density at radius 2 is 2.19 bits per heavy atom. The molecule has 1 heterocycles. The van der Waals surface area contributed by atoms with Crippen LogP contribution in [-0.4, -0.2) is 32.5 Å². The van der Waals surface area contributed by atoms with E-state index >= 15 is 0 Å². The fraction of sp³-hybridized carbons (Fsp3) is 0.400. The normalized spacial score (nSPS) is 15.7. The van der Waals surface area contributed by atoms with Gasteiger partial charge in [-0.3, -0.25) is 9.36 Å². The lowest BCUT2D eigenvalue weighted by Gasteiger charge is -2.12. The van der Waals surface area contributed by atoms with Gasteiger partial charge in [0.05, 0.1) is 5.75 Å². The number of hydrogen-bond acceptors (Lipinski definition) is 4. The molecule has 1 fully saturated rings. The van der Waals surface area contributed by atoms with Crippen molar-refractivity contribution in [2.24, 2.45) is 5.92 Å². The highest BCUT2D eigenvalue weighted by Crippen LogP contribution is 2.32. The van der Waals surface area contributed by atoms with E-state index in [1.807, 2.05) is 34.9 Å². The fourth-order valence-corrected chi connectivity index (χ4v) is 2.97. The third-order valence-corrected chi connectivity index (χ3v) is 4.54. The smallest absolute Gasteiger partial charge is 0.230 e. The lowest BCUT2D eigenvalue weighted by Crippen LogP contribution is -2.35. The highest BCUT2D eigenvalue weighted by molar-refractivity contribution is 7.99. The first kappa shape index (κ1) is 14.1. The molecule has 0 radical (unpaired) electrons. The molecule has 1 aliphatic rings. The summed E-state index contributed by atoms with van der Waals surface area (Å²) in [5.74, 6) is 1.09. The first-order valence-electron chi connectivity index (χ1n) is 7.11. The predicted molar refractivity (Wildman–Crippen MR) is 82.4 cm³/mol. The number of carbonyl (C=O) groups is 1. The Bertz CT molecular complexity index is 609. The number of para-hydroxylation sites is 1. The molecule has 21 heavy (non-hydrogen) atoms. The van der Waals surface area contributed by atoms with Crippen molar-refractivity contribution in [2.45, 2.75) is 31.0 Å². The summed E-state index contributed by atoms with van der Waals surface area (Å²) in [5.41, 5.74) is 0.997. The average molecular weight is 302 g/mol. The number of nitrogens with zero attached hydrogens (tertiary/aromatic N) is 3. The van der Waals surface area contributed by atoms with Crippen LogP contribution in [0.2, 0.25) is 0 Å². The van der Waals surface area contributed by atoms with Gasteiger partial charge in [0.25, 0.3) is 0 Å². The molecular weight excluding hydrogens is 284 g/mol. The van der Waals surface area contributed by atoms with E-state index in [9.17, 15) is 4.79 Å². The molecule has 1 aliphatic carbocycles. The van der Waals surface area contributed by atoms with Crippen LogP contribution in [0.4, 0.5) is 0 Å². The van der Waals surface area contributed by atoms with Gasteiger partial charge >= 0.3 is 0 Å². The zero-order valence-electron chi connectivity index (χ0n) is 11.9. The number of aromatic nitrogens is 3. The SMILES string of the molecule is C[C@H](NC(=O)CSc1nncn1-c1ccccc1)C1CC1. The topological polar surface area (TPSA) is 59.8 Å². The first-order chi connectivity index (χ1) is 10.2. The minimum absolute atomic E-state index is 0.0574. The highest BCUT2D eigenvalue weighted by atomic mass is 32.2. The second-order valence-electron chi connectivity index (χ2n) is 5.30. The summed E-state index contributed by atoms with van der Waals surface area (Å²) < 4.78 is 1.89. The monoisotopic (exact) mass is 302 g/mol. The molecule has 5 nitrogen and oxygen atoms in total. The Balaban J connectivity index is 1.58. The molecule has 0 unspecified atom stereocenters. The van der Waals surface area contributed by atoms with E-state index in [1.165, 1.54) is 24.6 Å². The number of thioether (sulfide) groups is 1. The summed E-state index contributed by atoms with van der Waals surface area (Å²) in [5, 5.41) is 11.8. The van der Waals surface area contributed by atoms with E-state index < -0.39 is 0 Å². The summed E-state index contributed by atoms with van der Waals surface area (Å²) in [7, 11) is 0. The van der Waals surface area contributed by atoms with E-state index in [1.54, 1.807) is 6.33 Å². The number of nitrogens with one attached hydrogen (secondary N) is 1. The lowest BCUT2D eigenvalue weighted by atomic mass is 10.2. The van der Waals surface area contributed by atoms with Gasteiger partial charge in [0.2, 0.25) is 5.91 Å². The minimum atomic E-state index is 0.0574. The molecule has 1 aromatic carbocycles. The number of carbonyl (C=O) groups excluding carboxylic acids is 1. The fourth-order valence-electron chi connectivity index (χ4n) is 2.23. The molecule has 0 spiro atoms. The van der Waals surface area contributed by atoms with Gasteiger partial charge in [-0.15, -0.1) is 10.2 Å². The number of amides is 1. The summed E-state index contributed by atoms with van der Waals surface area (Å²) in [6.07, 6.45) is 4.14. The number of hydrogen-bond donors (Lipinski definition) is 1. The van der Waals surface area contributed by atoms with Crippen LogP contribution in [0.3, 0.4) is 0 Å². The Morgan fingerprint density at radius 3 is 2.90 bits per heavy atom. The van der Waals surface area contributed by atoms with Gasteiger partial charge in [-0.05, 0) is 37.8 Å². The maximum Gasteiger partial charge on any atom is 0.230 e. The molecule has 1 atom stereocenters. The maximum atomic E-state index is 11.9. The first-order valence-corrected chi connectivity index (χ1v) is 8.10. The Labute approximate surface area is 128 Å². The molecule has 110 valence electrons. The van der Waals surface area contributed by atoms with Gasteiger partial charge in [0, 0.05) is 11.7 Å². The van der Waals surface area contributed by atoms with Gasteiger partial charge in [-0.1, -0.05) is 30.0 Å². The van der Waals surface area contributed by atoms with E-state index in [0.717, 1.165) is 10.8 Å². The van der Waals surface area contributed by atoms with Crippen molar-refractivity contribution in [2.75, 3.05) is 5.75 Å². The quantitative estimate of drug-likeness (QED) is 0.832. The number of benzene rings is 1. The van der Waals surface area contributed by atoms with Gasteiger partial charge < -0.3 is 5.32 Å². The summed E-state index contributed by atoms with van der Waals surface area (Å²) in [6, 6.07) is 10.2. The van der Waals surface area contributed by atoms with Crippen molar-refractivity contribution in [3.8, 4) is 5.69 Å². The summed E-state index contributed by atoms with van der Waals surface area (Å²) >= 11 is 1.41. The Morgan fingerprint density at radius 1 is 1.43 bits per heavy atom. The molecule has 0 bridgehead atoms. The molecule has 0 aliphatic heterocycles.